The summed E-state index contributed by atoms with van der Waals surface area (Å²) in [6.45, 7) is 1.20. The van der Waals surface area contributed by atoms with Gasteiger partial charge in [-0.15, -0.1) is 0 Å². The van der Waals surface area contributed by atoms with E-state index in [1.807, 2.05) is 0 Å². The number of amides is 1. The van der Waals surface area contributed by atoms with Gasteiger partial charge in [0.25, 0.3) is 5.91 Å². The van der Waals surface area contributed by atoms with Crippen molar-refractivity contribution in [2.45, 2.75) is 19.9 Å². The summed E-state index contributed by atoms with van der Waals surface area (Å²) in [6, 6.07) is 13.0. The number of hydrogen-bond donors (Lipinski definition) is 1. The highest BCUT2D eigenvalue weighted by Gasteiger charge is 2.10. The van der Waals surface area contributed by atoms with Crippen molar-refractivity contribution in [3.8, 4) is 5.75 Å². The topological polar surface area (TPSA) is 108 Å². The molecule has 0 saturated heterocycles. The number of hydrogen-bond acceptors (Lipinski definition) is 7. The first-order valence-electron chi connectivity index (χ1n) is 9.28. The van der Waals surface area contributed by atoms with Crippen LogP contribution in [0.2, 0.25) is 0 Å². The molecular weight excluding hydrogens is 390 g/mol. The fourth-order valence-corrected chi connectivity index (χ4v) is 2.40. The molecule has 30 heavy (non-hydrogen) atoms. The average molecular weight is 413 g/mol. The molecule has 0 aliphatic rings. The SMILES string of the molecule is CCC(=O)c1ccc(OCC(=O)OCC(=O)NCc2ccc(C(=O)OC)cc2)cc1. The summed E-state index contributed by atoms with van der Waals surface area (Å²) >= 11 is 0. The molecule has 0 bridgehead atoms. The monoisotopic (exact) mass is 413 g/mol. The maximum atomic E-state index is 11.8. The van der Waals surface area contributed by atoms with Gasteiger partial charge in [-0.1, -0.05) is 19.1 Å². The summed E-state index contributed by atoms with van der Waals surface area (Å²) in [4.78, 5) is 46.5. The van der Waals surface area contributed by atoms with Gasteiger partial charge in [-0.25, -0.2) is 9.59 Å². The molecular formula is C22H23NO7. The average Bonchev–Trinajstić information content (AvgIpc) is 2.79. The second-order valence-corrected chi connectivity index (χ2v) is 6.22. The number of methoxy groups -OCH3 is 1. The number of esters is 2. The fourth-order valence-electron chi connectivity index (χ4n) is 2.40. The molecule has 2 rings (SSSR count). The van der Waals surface area contributed by atoms with Crippen molar-refractivity contribution >= 4 is 23.6 Å². The number of carbonyl (C=O) groups is 4. The molecule has 0 radical (unpaired) electrons. The molecule has 1 amide bonds. The van der Waals surface area contributed by atoms with E-state index in [4.69, 9.17) is 9.47 Å². The second-order valence-electron chi connectivity index (χ2n) is 6.22. The summed E-state index contributed by atoms with van der Waals surface area (Å²) in [5, 5.41) is 2.61. The lowest BCUT2D eigenvalue weighted by molar-refractivity contribution is -0.150. The Morgan fingerprint density at radius 3 is 2.10 bits per heavy atom. The number of rotatable bonds is 10. The molecule has 0 unspecified atom stereocenters. The zero-order chi connectivity index (χ0) is 21.9. The smallest absolute Gasteiger partial charge is 0.344 e. The van der Waals surface area contributed by atoms with Crippen molar-refractivity contribution in [1.82, 2.24) is 5.32 Å². The van der Waals surface area contributed by atoms with Gasteiger partial charge in [0.2, 0.25) is 0 Å². The van der Waals surface area contributed by atoms with Crippen LogP contribution in [0.4, 0.5) is 0 Å². The van der Waals surface area contributed by atoms with Crippen molar-refractivity contribution in [2.24, 2.45) is 0 Å². The van der Waals surface area contributed by atoms with E-state index in [1.165, 1.54) is 7.11 Å². The number of ketones is 1. The molecule has 2 aromatic rings. The van der Waals surface area contributed by atoms with Crippen LogP contribution in [0.25, 0.3) is 0 Å². The van der Waals surface area contributed by atoms with Gasteiger partial charge in [0.15, 0.2) is 19.0 Å². The van der Waals surface area contributed by atoms with Crippen LogP contribution in [0.3, 0.4) is 0 Å². The first-order valence-corrected chi connectivity index (χ1v) is 9.28. The van der Waals surface area contributed by atoms with E-state index in [-0.39, 0.29) is 18.9 Å². The fraction of sp³-hybridized carbons (Fsp3) is 0.273. The van der Waals surface area contributed by atoms with Gasteiger partial charge in [0, 0.05) is 18.5 Å². The van der Waals surface area contributed by atoms with Crippen LogP contribution in [-0.4, -0.2) is 44.0 Å². The number of benzene rings is 2. The summed E-state index contributed by atoms with van der Waals surface area (Å²) < 4.78 is 14.8. The summed E-state index contributed by atoms with van der Waals surface area (Å²) in [7, 11) is 1.30. The van der Waals surface area contributed by atoms with Crippen molar-refractivity contribution in [3.05, 3.63) is 65.2 Å². The van der Waals surface area contributed by atoms with Crippen molar-refractivity contribution in [1.29, 1.82) is 0 Å². The van der Waals surface area contributed by atoms with E-state index in [0.717, 1.165) is 5.56 Å². The number of nitrogens with one attached hydrogen (secondary N) is 1. The summed E-state index contributed by atoms with van der Waals surface area (Å²) in [5.74, 6) is -1.17. The Hall–Kier alpha value is -3.68. The first-order chi connectivity index (χ1) is 14.4. The van der Waals surface area contributed by atoms with Crippen molar-refractivity contribution < 1.29 is 33.4 Å². The van der Waals surface area contributed by atoms with E-state index >= 15 is 0 Å². The molecule has 0 fully saturated rings. The lowest BCUT2D eigenvalue weighted by Crippen LogP contribution is -2.29. The number of Topliss-reactive ketones (excluding diaryl/α,β-unsaturated/α-hetero) is 1. The molecule has 2 aromatic carbocycles. The lowest BCUT2D eigenvalue weighted by Gasteiger charge is -2.09. The van der Waals surface area contributed by atoms with Gasteiger partial charge in [0.05, 0.1) is 12.7 Å². The molecule has 158 valence electrons. The molecule has 0 heterocycles. The minimum atomic E-state index is -0.693. The van der Waals surface area contributed by atoms with E-state index in [2.05, 4.69) is 10.1 Å². The maximum absolute atomic E-state index is 11.8. The molecule has 8 nitrogen and oxygen atoms in total. The molecule has 0 aliphatic heterocycles. The predicted octanol–water partition coefficient (Wildman–Crippen LogP) is 2.30. The largest absolute Gasteiger partial charge is 0.482 e. The van der Waals surface area contributed by atoms with Crippen molar-refractivity contribution in [2.75, 3.05) is 20.3 Å². The van der Waals surface area contributed by atoms with Gasteiger partial charge < -0.3 is 19.5 Å². The minimum absolute atomic E-state index is 0.0198. The highest BCUT2D eigenvalue weighted by atomic mass is 16.6. The standard InChI is InChI=1S/C22H23NO7/c1-3-19(24)16-8-10-18(11-9-16)29-14-21(26)30-13-20(25)23-12-15-4-6-17(7-5-15)22(27)28-2/h4-11H,3,12-14H2,1-2H3,(H,23,25). The Labute approximate surface area is 174 Å². The Balaban J connectivity index is 1.68. The lowest BCUT2D eigenvalue weighted by atomic mass is 10.1. The quantitative estimate of drug-likeness (QED) is 0.470. The third-order valence-electron chi connectivity index (χ3n) is 4.08. The summed E-state index contributed by atoms with van der Waals surface area (Å²) in [6.07, 6.45) is 0.410. The van der Waals surface area contributed by atoms with Crippen LogP contribution < -0.4 is 10.1 Å². The molecule has 8 heteroatoms. The molecule has 1 N–H and O–H groups in total. The number of ether oxygens (including phenoxy) is 3. The molecule has 0 spiro atoms. The summed E-state index contributed by atoms with van der Waals surface area (Å²) in [5.41, 5.74) is 1.76. The van der Waals surface area contributed by atoms with Gasteiger partial charge in [-0.05, 0) is 42.0 Å². The normalized spacial score (nSPS) is 10.1. The third kappa shape index (κ3) is 7.05. The van der Waals surface area contributed by atoms with Crippen LogP contribution in [0.15, 0.2) is 48.5 Å². The Morgan fingerprint density at radius 2 is 1.50 bits per heavy atom. The van der Waals surface area contributed by atoms with E-state index in [1.54, 1.807) is 55.5 Å². The third-order valence-corrected chi connectivity index (χ3v) is 4.08. The van der Waals surface area contributed by atoms with Crippen LogP contribution in [0.1, 0.15) is 39.6 Å². The zero-order valence-corrected chi connectivity index (χ0v) is 16.8. The van der Waals surface area contributed by atoms with E-state index in [9.17, 15) is 19.2 Å². The Bertz CT molecular complexity index is 813. The highest BCUT2D eigenvalue weighted by Crippen LogP contribution is 2.13. The predicted molar refractivity (Wildman–Crippen MR) is 107 cm³/mol. The Kier molecular flexibility index (Phi) is 8.56. The second kappa shape index (κ2) is 11.4. The van der Waals surface area contributed by atoms with Crippen molar-refractivity contribution in [3.63, 3.8) is 0 Å². The van der Waals surface area contributed by atoms with Gasteiger partial charge >= 0.3 is 11.9 Å². The van der Waals surface area contributed by atoms with Gasteiger partial charge in [-0.2, -0.15) is 0 Å². The molecule has 0 aliphatic carbocycles. The van der Waals surface area contributed by atoms with Crippen LogP contribution in [0.5, 0.6) is 5.75 Å². The molecule has 0 aromatic heterocycles. The van der Waals surface area contributed by atoms with Gasteiger partial charge in [-0.3, -0.25) is 9.59 Å². The highest BCUT2D eigenvalue weighted by molar-refractivity contribution is 5.95. The first kappa shape index (κ1) is 22.6. The van der Waals surface area contributed by atoms with Crippen LogP contribution >= 0.6 is 0 Å². The van der Waals surface area contributed by atoms with Crippen LogP contribution in [0, 0.1) is 0 Å². The maximum Gasteiger partial charge on any atom is 0.344 e. The van der Waals surface area contributed by atoms with E-state index in [0.29, 0.717) is 23.3 Å². The zero-order valence-electron chi connectivity index (χ0n) is 16.8. The van der Waals surface area contributed by atoms with Crippen LogP contribution in [-0.2, 0) is 25.6 Å². The molecule has 0 atom stereocenters. The minimum Gasteiger partial charge on any atom is -0.482 e. The van der Waals surface area contributed by atoms with Gasteiger partial charge in [0.1, 0.15) is 5.75 Å². The number of carbonyl (C=O) groups excluding carboxylic acids is 4. The molecule has 0 saturated carbocycles. The Morgan fingerprint density at radius 1 is 0.867 bits per heavy atom. The van der Waals surface area contributed by atoms with E-state index < -0.39 is 24.5 Å².